The Morgan fingerprint density at radius 3 is 1.18 bits per heavy atom. The Kier molecular flexibility index (Phi) is 23.4. The fourth-order valence-corrected chi connectivity index (χ4v) is 4.36. The molecule has 0 unspecified atom stereocenters. The molecule has 0 aromatic rings. The van der Waals surface area contributed by atoms with Crippen molar-refractivity contribution in [3.63, 3.8) is 0 Å². The highest BCUT2D eigenvalue weighted by Crippen LogP contribution is 2.27. The van der Waals surface area contributed by atoms with E-state index < -0.39 is 17.9 Å². The van der Waals surface area contributed by atoms with E-state index in [9.17, 15) is 9.59 Å². The monoisotopic (exact) mass is 536 g/mol. The summed E-state index contributed by atoms with van der Waals surface area (Å²) in [5, 5.41) is 0. The largest absolute Gasteiger partial charge is 0.394 e. The first kappa shape index (κ1) is 36.4. The summed E-state index contributed by atoms with van der Waals surface area (Å²) in [6.07, 6.45) is 24.2. The summed E-state index contributed by atoms with van der Waals surface area (Å²) in [6, 6.07) is 0. The zero-order valence-corrected chi connectivity index (χ0v) is 25.5. The summed E-state index contributed by atoms with van der Waals surface area (Å²) in [5.41, 5.74) is 0.484. The van der Waals surface area contributed by atoms with Gasteiger partial charge in [0.1, 0.15) is 0 Å². The van der Waals surface area contributed by atoms with E-state index in [0.29, 0.717) is 13.0 Å². The molecule has 0 saturated heterocycles. The molecule has 0 aliphatic rings. The molecular weight excluding hydrogens is 476 g/mol. The number of esters is 2. The van der Waals surface area contributed by atoms with Crippen LogP contribution in [0.4, 0.5) is 0 Å². The van der Waals surface area contributed by atoms with Gasteiger partial charge in [0.2, 0.25) is 0 Å². The minimum atomic E-state index is -1.73. The summed E-state index contributed by atoms with van der Waals surface area (Å²) in [5.74, 6) is -2.96. The van der Waals surface area contributed by atoms with Crippen LogP contribution in [0.1, 0.15) is 163 Å². The second kappa shape index (κ2) is 24.4. The van der Waals surface area contributed by atoms with Gasteiger partial charge in [0.15, 0.2) is 0 Å². The second-order valence-corrected chi connectivity index (χ2v) is 11.0. The summed E-state index contributed by atoms with van der Waals surface area (Å²) in [6.45, 7) is 15.4. The van der Waals surface area contributed by atoms with Gasteiger partial charge < -0.3 is 14.2 Å². The van der Waals surface area contributed by atoms with Crippen LogP contribution >= 0.6 is 0 Å². The molecule has 222 valence electrons. The molecule has 0 heterocycles. The van der Waals surface area contributed by atoms with Crippen LogP contribution in [0.25, 0.3) is 0 Å². The van der Waals surface area contributed by atoms with Crippen LogP contribution in [0, 0.1) is 0 Å². The van der Waals surface area contributed by atoms with E-state index in [1.165, 1.54) is 89.9 Å². The first-order chi connectivity index (χ1) is 18.3. The fraction of sp³-hybridized carbons (Fsp3) is 0.818. The van der Waals surface area contributed by atoms with Gasteiger partial charge in [-0.05, 0) is 26.7 Å². The van der Waals surface area contributed by atoms with Crippen molar-refractivity contribution < 1.29 is 23.8 Å². The van der Waals surface area contributed by atoms with Crippen molar-refractivity contribution in [1.82, 2.24) is 0 Å². The molecule has 0 fully saturated rings. The normalized spacial score (nSPS) is 11.4. The molecule has 0 aliphatic carbocycles. The first-order valence-electron chi connectivity index (χ1n) is 15.7. The molecule has 5 nitrogen and oxygen atoms in total. The lowest BCUT2D eigenvalue weighted by atomic mass is 10.1. The summed E-state index contributed by atoms with van der Waals surface area (Å²) in [4.78, 5) is 25.0. The van der Waals surface area contributed by atoms with Crippen LogP contribution in [-0.2, 0) is 23.8 Å². The lowest BCUT2D eigenvalue weighted by molar-refractivity contribution is -0.346. The Bertz CT molecular complexity index is 611. The predicted molar refractivity (Wildman–Crippen MR) is 159 cm³/mol. The van der Waals surface area contributed by atoms with E-state index in [2.05, 4.69) is 27.0 Å². The summed E-state index contributed by atoms with van der Waals surface area (Å²) in [7, 11) is 0. The van der Waals surface area contributed by atoms with E-state index in [4.69, 9.17) is 14.2 Å². The first-order valence-corrected chi connectivity index (χ1v) is 15.7. The van der Waals surface area contributed by atoms with Gasteiger partial charge in [-0.15, -0.1) is 0 Å². The van der Waals surface area contributed by atoms with E-state index >= 15 is 0 Å². The average Bonchev–Trinajstić information content (AvgIpc) is 2.88. The van der Waals surface area contributed by atoms with Crippen molar-refractivity contribution in [2.75, 3.05) is 6.61 Å². The summed E-state index contributed by atoms with van der Waals surface area (Å²) < 4.78 is 17.4. The smallest absolute Gasteiger partial charge is 0.376 e. The minimum Gasteiger partial charge on any atom is -0.394 e. The van der Waals surface area contributed by atoms with Gasteiger partial charge in [-0.1, -0.05) is 143 Å². The highest BCUT2D eigenvalue weighted by atomic mass is 16.9. The number of ether oxygens (including phenoxy) is 3. The lowest BCUT2D eigenvalue weighted by Gasteiger charge is -2.32. The van der Waals surface area contributed by atoms with Crippen LogP contribution in [0.15, 0.2) is 24.3 Å². The maximum atomic E-state index is 12.5. The third kappa shape index (κ3) is 20.4. The van der Waals surface area contributed by atoms with Crippen molar-refractivity contribution >= 4 is 11.9 Å². The molecule has 0 N–H and O–H groups in total. The molecule has 0 radical (unpaired) electrons. The molecule has 0 aliphatic heterocycles. The Hall–Kier alpha value is -1.62. The van der Waals surface area contributed by atoms with Gasteiger partial charge in [-0.3, -0.25) is 0 Å². The maximum absolute atomic E-state index is 12.5. The number of unbranched alkanes of at least 4 members (excludes halogenated alkanes) is 18. The van der Waals surface area contributed by atoms with E-state index in [1.54, 1.807) is 13.8 Å². The van der Waals surface area contributed by atoms with Gasteiger partial charge >= 0.3 is 17.9 Å². The highest BCUT2D eigenvalue weighted by Gasteiger charge is 2.40. The molecular formula is C33H60O5. The van der Waals surface area contributed by atoms with Crippen molar-refractivity contribution in [3.05, 3.63) is 24.3 Å². The van der Waals surface area contributed by atoms with Gasteiger partial charge in [0.25, 0.3) is 0 Å². The third-order valence-corrected chi connectivity index (χ3v) is 6.85. The van der Waals surface area contributed by atoms with Crippen LogP contribution in [-0.4, -0.2) is 24.5 Å². The molecule has 0 amide bonds. The van der Waals surface area contributed by atoms with Gasteiger partial charge in [0.05, 0.1) is 13.0 Å². The highest BCUT2D eigenvalue weighted by molar-refractivity contribution is 5.88. The molecule has 0 bridgehead atoms. The van der Waals surface area contributed by atoms with Crippen LogP contribution in [0.2, 0.25) is 0 Å². The van der Waals surface area contributed by atoms with Crippen molar-refractivity contribution in [1.29, 1.82) is 0 Å². The Morgan fingerprint density at radius 1 is 0.526 bits per heavy atom. The van der Waals surface area contributed by atoms with Gasteiger partial charge in [-0.2, -0.15) is 0 Å². The molecule has 0 spiro atoms. The standard InChI is InChI=1S/C33H60O5/c1-7-9-11-13-15-17-19-21-23-25-27-33(37-31(34)29(3)4,38-32(35)30(5)6)36-28-26-24-22-20-18-16-14-12-10-8-2/h3,5,7-28H2,1-2,4,6H3. The summed E-state index contributed by atoms with van der Waals surface area (Å²) >= 11 is 0. The Labute approximate surface area is 235 Å². The number of hydrogen-bond acceptors (Lipinski definition) is 5. The predicted octanol–water partition coefficient (Wildman–Crippen LogP) is 10.1. The maximum Gasteiger partial charge on any atom is 0.376 e. The topological polar surface area (TPSA) is 61.8 Å². The quantitative estimate of drug-likeness (QED) is 0.0452. The van der Waals surface area contributed by atoms with E-state index in [-0.39, 0.29) is 11.1 Å². The number of carbonyl (C=O) groups is 2. The van der Waals surface area contributed by atoms with E-state index in [0.717, 1.165) is 38.5 Å². The molecule has 0 saturated carbocycles. The average molecular weight is 537 g/mol. The molecule has 38 heavy (non-hydrogen) atoms. The number of hydrogen-bond donors (Lipinski definition) is 0. The van der Waals surface area contributed by atoms with Crippen LogP contribution in [0.5, 0.6) is 0 Å². The molecule has 0 rings (SSSR count). The molecule has 0 atom stereocenters. The minimum absolute atomic E-state index is 0.242. The lowest BCUT2D eigenvalue weighted by Crippen LogP contribution is -2.43. The van der Waals surface area contributed by atoms with Crippen molar-refractivity contribution in [3.8, 4) is 0 Å². The Morgan fingerprint density at radius 2 is 0.842 bits per heavy atom. The van der Waals surface area contributed by atoms with Gasteiger partial charge in [-0.25, -0.2) is 9.59 Å². The molecule has 5 heteroatoms. The van der Waals surface area contributed by atoms with Crippen molar-refractivity contribution in [2.45, 2.75) is 169 Å². The zero-order chi connectivity index (χ0) is 28.5. The van der Waals surface area contributed by atoms with Gasteiger partial charge in [0, 0.05) is 11.1 Å². The SMILES string of the molecule is C=C(C)C(=O)OC(CCCCCCCCCCCC)(OCCCCCCCCCCCC)OC(=O)C(=C)C. The van der Waals surface area contributed by atoms with E-state index in [1.807, 2.05) is 0 Å². The van der Waals surface area contributed by atoms with Crippen LogP contribution in [0.3, 0.4) is 0 Å². The fourth-order valence-electron chi connectivity index (χ4n) is 4.36. The number of carbonyl (C=O) groups excluding carboxylic acids is 2. The second-order valence-electron chi connectivity index (χ2n) is 11.0. The zero-order valence-electron chi connectivity index (χ0n) is 25.5. The Balaban J connectivity index is 4.74. The third-order valence-electron chi connectivity index (χ3n) is 6.85. The van der Waals surface area contributed by atoms with Crippen LogP contribution < -0.4 is 0 Å². The number of rotatable bonds is 27. The van der Waals surface area contributed by atoms with Crippen molar-refractivity contribution in [2.24, 2.45) is 0 Å². The molecule has 0 aromatic carbocycles. The molecule has 0 aromatic heterocycles.